The Balaban J connectivity index is 2.39. The molecule has 0 unspecified atom stereocenters. The van der Waals surface area contributed by atoms with E-state index in [0.717, 1.165) is 31.2 Å². The average molecular weight is 246 g/mol. The topological polar surface area (TPSA) is 33.1 Å². The zero-order valence-electron chi connectivity index (χ0n) is 8.34. The third kappa shape index (κ3) is 2.12. The van der Waals surface area contributed by atoms with Crippen molar-refractivity contribution >= 4 is 23.2 Å². The lowest BCUT2D eigenvalue weighted by Gasteiger charge is -2.33. The summed E-state index contributed by atoms with van der Waals surface area (Å²) >= 11 is 11.9. The van der Waals surface area contributed by atoms with Crippen LogP contribution >= 0.6 is 23.2 Å². The molecule has 0 bridgehead atoms. The molecule has 2 rings (SSSR count). The minimum absolute atomic E-state index is 0.271. The lowest BCUT2D eigenvalue weighted by Crippen LogP contribution is -2.28. The molecule has 1 aromatic heterocycles. The molecule has 1 saturated carbocycles. The van der Waals surface area contributed by atoms with Crippen LogP contribution in [0.15, 0.2) is 12.3 Å². The standard InChI is InChI=1S/C11H13Cl2NO/c12-9-8(4-7-14-10(9)13)11(15)5-2-1-3-6-11/h4,7,15H,1-3,5-6H2. The molecule has 0 amide bonds. The van der Waals surface area contributed by atoms with Gasteiger partial charge in [0, 0.05) is 11.8 Å². The molecule has 1 heterocycles. The molecule has 1 aliphatic carbocycles. The van der Waals surface area contributed by atoms with Crippen LogP contribution in [-0.4, -0.2) is 10.1 Å². The van der Waals surface area contributed by atoms with Crippen LogP contribution in [-0.2, 0) is 5.60 Å². The molecule has 0 atom stereocenters. The number of nitrogens with zero attached hydrogens (tertiary/aromatic N) is 1. The first-order valence-electron chi connectivity index (χ1n) is 5.16. The first kappa shape index (κ1) is 11.2. The van der Waals surface area contributed by atoms with E-state index in [9.17, 15) is 5.11 Å². The zero-order valence-corrected chi connectivity index (χ0v) is 9.85. The molecule has 2 nitrogen and oxygen atoms in total. The second kappa shape index (κ2) is 4.28. The van der Waals surface area contributed by atoms with Crippen LogP contribution in [0.4, 0.5) is 0 Å². The Bertz CT molecular complexity index is 362. The predicted molar refractivity (Wildman–Crippen MR) is 61.2 cm³/mol. The normalized spacial score (nSPS) is 20.2. The predicted octanol–water partition coefficient (Wildman–Crippen LogP) is 3.54. The largest absolute Gasteiger partial charge is 0.385 e. The van der Waals surface area contributed by atoms with Crippen molar-refractivity contribution in [2.24, 2.45) is 0 Å². The molecular weight excluding hydrogens is 233 g/mol. The second-order valence-corrected chi connectivity index (χ2v) is 4.79. The minimum atomic E-state index is -0.804. The maximum Gasteiger partial charge on any atom is 0.147 e. The molecule has 0 spiro atoms. The molecule has 0 aliphatic heterocycles. The third-order valence-corrected chi connectivity index (χ3v) is 3.79. The van der Waals surface area contributed by atoms with E-state index in [2.05, 4.69) is 4.98 Å². The fourth-order valence-electron chi connectivity index (χ4n) is 2.18. The summed E-state index contributed by atoms with van der Waals surface area (Å²) in [5.74, 6) is 0. The van der Waals surface area contributed by atoms with E-state index >= 15 is 0 Å². The number of rotatable bonds is 1. The van der Waals surface area contributed by atoms with Crippen LogP contribution in [0, 0.1) is 0 Å². The van der Waals surface area contributed by atoms with Gasteiger partial charge in [-0.15, -0.1) is 0 Å². The first-order valence-corrected chi connectivity index (χ1v) is 5.92. The maximum atomic E-state index is 10.5. The van der Waals surface area contributed by atoms with Gasteiger partial charge in [-0.1, -0.05) is 42.5 Å². The summed E-state index contributed by atoms with van der Waals surface area (Å²) in [5.41, 5.74) is -0.0779. The number of pyridine rings is 1. The van der Waals surface area contributed by atoms with Crippen molar-refractivity contribution < 1.29 is 5.11 Å². The van der Waals surface area contributed by atoms with E-state index in [1.165, 1.54) is 6.42 Å². The lowest BCUT2D eigenvalue weighted by atomic mass is 9.80. The summed E-state index contributed by atoms with van der Waals surface area (Å²) in [6.45, 7) is 0. The molecule has 4 heteroatoms. The van der Waals surface area contributed by atoms with E-state index < -0.39 is 5.60 Å². The molecule has 0 saturated heterocycles. The highest BCUT2D eigenvalue weighted by Crippen LogP contribution is 2.41. The van der Waals surface area contributed by atoms with Gasteiger partial charge in [-0.2, -0.15) is 0 Å². The molecule has 82 valence electrons. The van der Waals surface area contributed by atoms with E-state index in [1.807, 2.05) is 0 Å². The summed E-state index contributed by atoms with van der Waals surface area (Å²) in [6, 6.07) is 1.76. The fourth-order valence-corrected chi connectivity index (χ4v) is 2.63. The van der Waals surface area contributed by atoms with Gasteiger partial charge in [0.2, 0.25) is 0 Å². The Morgan fingerprint density at radius 2 is 1.87 bits per heavy atom. The van der Waals surface area contributed by atoms with Crippen molar-refractivity contribution in [3.63, 3.8) is 0 Å². The van der Waals surface area contributed by atoms with Crippen molar-refractivity contribution in [1.29, 1.82) is 0 Å². The quantitative estimate of drug-likeness (QED) is 0.769. The second-order valence-electron chi connectivity index (χ2n) is 4.06. The summed E-state index contributed by atoms with van der Waals surface area (Å²) in [4.78, 5) is 3.89. The zero-order chi connectivity index (χ0) is 10.9. The molecular formula is C11H13Cl2NO. The fraction of sp³-hybridized carbons (Fsp3) is 0.545. The van der Waals surface area contributed by atoms with Gasteiger partial charge in [-0.25, -0.2) is 4.98 Å². The minimum Gasteiger partial charge on any atom is -0.385 e. The van der Waals surface area contributed by atoms with Gasteiger partial charge in [0.25, 0.3) is 0 Å². The molecule has 1 fully saturated rings. The van der Waals surface area contributed by atoms with Gasteiger partial charge >= 0.3 is 0 Å². The Morgan fingerprint density at radius 3 is 2.53 bits per heavy atom. The Labute approximate surface area is 99.2 Å². The van der Waals surface area contributed by atoms with E-state index in [-0.39, 0.29) is 5.15 Å². The van der Waals surface area contributed by atoms with Crippen LogP contribution in [0.5, 0.6) is 0 Å². The number of hydrogen-bond donors (Lipinski definition) is 1. The monoisotopic (exact) mass is 245 g/mol. The first-order chi connectivity index (χ1) is 7.13. The SMILES string of the molecule is OC1(c2ccnc(Cl)c2Cl)CCCCC1. The molecule has 0 radical (unpaired) electrons. The van der Waals surface area contributed by atoms with Crippen LogP contribution in [0.2, 0.25) is 10.2 Å². The van der Waals surface area contributed by atoms with Gasteiger partial charge in [-0.05, 0) is 18.9 Å². The highest BCUT2D eigenvalue weighted by molar-refractivity contribution is 6.41. The molecule has 0 aromatic carbocycles. The third-order valence-electron chi connectivity index (χ3n) is 3.03. The summed E-state index contributed by atoms with van der Waals surface area (Å²) < 4.78 is 0. The van der Waals surface area contributed by atoms with E-state index in [4.69, 9.17) is 23.2 Å². The molecule has 1 aromatic rings. The molecule has 1 N–H and O–H groups in total. The smallest absolute Gasteiger partial charge is 0.147 e. The Hall–Kier alpha value is -0.310. The summed E-state index contributed by atoms with van der Waals surface area (Å²) in [6.07, 6.45) is 6.36. The highest BCUT2D eigenvalue weighted by Gasteiger charge is 2.33. The number of aliphatic hydroxyl groups is 1. The van der Waals surface area contributed by atoms with Gasteiger partial charge in [0.05, 0.1) is 10.6 Å². The van der Waals surface area contributed by atoms with Crippen LogP contribution in [0.3, 0.4) is 0 Å². The van der Waals surface area contributed by atoms with Crippen molar-refractivity contribution in [2.45, 2.75) is 37.7 Å². The van der Waals surface area contributed by atoms with Gasteiger partial charge in [0.15, 0.2) is 0 Å². The number of aromatic nitrogens is 1. The number of halogens is 2. The summed E-state index contributed by atoms with van der Waals surface area (Å²) in [7, 11) is 0. The van der Waals surface area contributed by atoms with Crippen molar-refractivity contribution in [3.05, 3.63) is 28.0 Å². The van der Waals surface area contributed by atoms with Crippen molar-refractivity contribution in [3.8, 4) is 0 Å². The van der Waals surface area contributed by atoms with E-state index in [1.54, 1.807) is 12.3 Å². The lowest BCUT2D eigenvalue weighted by molar-refractivity contribution is -0.000591. The van der Waals surface area contributed by atoms with Gasteiger partial charge < -0.3 is 5.11 Å². The van der Waals surface area contributed by atoms with Crippen LogP contribution in [0.1, 0.15) is 37.7 Å². The maximum absolute atomic E-state index is 10.5. The Morgan fingerprint density at radius 1 is 1.20 bits per heavy atom. The van der Waals surface area contributed by atoms with Crippen molar-refractivity contribution in [2.75, 3.05) is 0 Å². The molecule has 15 heavy (non-hydrogen) atoms. The summed E-state index contributed by atoms with van der Waals surface area (Å²) in [5, 5.41) is 11.1. The van der Waals surface area contributed by atoms with Gasteiger partial charge in [0.1, 0.15) is 5.15 Å². The Kier molecular flexibility index (Phi) is 3.19. The van der Waals surface area contributed by atoms with Crippen molar-refractivity contribution in [1.82, 2.24) is 4.98 Å². The van der Waals surface area contributed by atoms with Crippen LogP contribution in [0.25, 0.3) is 0 Å². The van der Waals surface area contributed by atoms with E-state index in [0.29, 0.717) is 5.02 Å². The highest BCUT2D eigenvalue weighted by atomic mass is 35.5. The molecule has 1 aliphatic rings. The number of hydrogen-bond acceptors (Lipinski definition) is 2. The van der Waals surface area contributed by atoms with Gasteiger partial charge in [-0.3, -0.25) is 0 Å². The average Bonchev–Trinajstić information content (AvgIpc) is 2.23. The van der Waals surface area contributed by atoms with Crippen LogP contribution < -0.4 is 0 Å².